The van der Waals surface area contributed by atoms with E-state index in [1.807, 2.05) is 0 Å². The van der Waals surface area contributed by atoms with Crippen molar-refractivity contribution in [2.75, 3.05) is 6.54 Å². The molecule has 4 atom stereocenters. The topological polar surface area (TPSA) is 150 Å². The molecule has 43 heavy (non-hydrogen) atoms. The van der Waals surface area contributed by atoms with Crippen molar-refractivity contribution in [2.24, 2.45) is 5.92 Å². The summed E-state index contributed by atoms with van der Waals surface area (Å²) in [4.78, 5) is 67.3. The van der Waals surface area contributed by atoms with Crippen molar-refractivity contribution in [1.82, 2.24) is 25.2 Å². The maximum atomic E-state index is 13.6. The lowest BCUT2D eigenvalue weighted by molar-refractivity contribution is -0.141. The van der Waals surface area contributed by atoms with Gasteiger partial charge < -0.3 is 25.3 Å². The molecule has 4 aliphatic rings. The Labute approximate surface area is 257 Å². The van der Waals surface area contributed by atoms with Gasteiger partial charge in [-0.15, -0.1) is 0 Å². The number of hydrogen-bond acceptors (Lipinski definition) is 7. The summed E-state index contributed by atoms with van der Waals surface area (Å²) in [7, 11) is 0. The van der Waals surface area contributed by atoms with Gasteiger partial charge in [-0.05, 0) is 84.1 Å². The van der Waals surface area contributed by atoms with Crippen LogP contribution in [0.15, 0.2) is 41.5 Å². The fourth-order valence-electron chi connectivity index (χ4n) is 5.33. The minimum absolute atomic E-state index is 0.0405. The molecule has 2 aliphatic carbocycles. The third-order valence-corrected chi connectivity index (χ3v) is 8.96. The van der Waals surface area contributed by atoms with Gasteiger partial charge in [0, 0.05) is 42.2 Å². The number of ether oxygens (including phenoxy) is 1. The van der Waals surface area contributed by atoms with Crippen molar-refractivity contribution < 1.29 is 23.9 Å². The molecule has 0 spiro atoms. The highest BCUT2D eigenvalue weighted by molar-refractivity contribution is 7.98. The van der Waals surface area contributed by atoms with Crippen LogP contribution >= 0.6 is 11.9 Å². The van der Waals surface area contributed by atoms with E-state index in [1.54, 1.807) is 38.1 Å². The van der Waals surface area contributed by atoms with Crippen molar-refractivity contribution >= 4 is 35.8 Å². The number of allylic oxidation sites excluding steroid dienone is 1. The Bertz CT molecular complexity index is 1220. The number of carbonyl (C=O) groups excluding carboxylic acids is 4. The number of aromatic nitrogens is 1. The molecule has 12 heteroatoms. The average molecular weight is 616 g/mol. The molecule has 1 saturated heterocycles. The molecule has 3 fully saturated rings. The predicted octanol–water partition coefficient (Wildman–Crippen LogP) is 3.57. The van der Waals surface area contributed by atoms with Crippen LogP contribution in [-0.4, -0.2) is 68.7 Å². The lowest BCUT2D eigenvalue weighted by Gasteiger charge is -2.30. The first-order chi connectivity index (χ1) is 20.5. The SMILES string of the molecule is CC(C)(C)OC(=O)N[C@H]1CCCCC/C=C\C2C[C@@]2(C(=O)NSC2CC2)NC(=O)C2CCCN2C1=O.O=c1cc[nH]cc1. The smallest absolute Gasteiger partial charge is 0.408 e. The first kappa shape index (κ1) is 32.6. The summed E-state index contributed by atoms with van der Waals surface area (Å²) in [6, 6.07) is 1.53. The Morgan fingerprint density at radius 3 is 2.42 bits per heavy atom. The number of aromatic amines is 1. The molecule has 4 N–H and O–H groups in total. The van der Waals surface area contributed by atoms with Gasteiger partial charge in [0.05, 0.1) is 0 Å². The number of amides is 4. The summed E-state index contributed by atoms with van der Waals surface area (Å²) in [6.07, 6.45) is 14.7. The number of alkyl carbamates (subject to hydrolysis) is 1. The standard InChI is InChI=1S/C26H40N4O5S.C5H5NO/c1-25(2,3)35-24(34)27-19-11-8-6-4-5-7-10-17-16-26(17,23(33)29-36-18-13-14-18)28-21(31)20-12-9-15-30(20)22(19)32;7-5-1-3-6-4-2-5/h7,10,17-20H,4-6,8-9,11-16H2,1-3H3,(H,27,34)(H,28,31)(H,29,33);1-4H,(H,6,7)/b10-7-;/t17?,19-,20?,26+;/m0./s1. The second kappa shape index (κ2) is 14.5. The highest BCUT2D eigenvalue weighted by Gasteiger charge is 2.61. The Morgan fingerprint density at radius 1 is 1.02 bits per heavy atom. The average Bonchev–Trinajstić information content (AvgIpc) is 3.85. The molecule has 11 nitrogen and oxygen atoms in total. The summed E-state index contributed by atoms with van der Waals surface area (Å²) < 4.78 is 8.36. The highest BCUT2D eigenvalue weighted by atomic mass is 32.2. The van der Waals surface area contributed by atoms with Gasteiger partial charge in [-0.3, -0.25) is 23.9 Å². The molecular formula is C31H45N5O6S. The summed E-state index contributed by atoms with van der Waals surface area (Å²) in [5.41, 5.74) is -1.59. The van der Waals surface area contributed by atoms with E-state index in [-0.39, 0.29) is 29.1 Å². The molecule has 1 aromatic heterocycles. The number of fused-ring (bicyclic) bond motifs is 2. The predicted molar refractivity (Wildman–Crippen MR) is 165 cm³/mol. The van der Waals surface area contributed by atoms with E-state index in [1.165, 1.54) is 24.1 Å². The van der Waals surface area contributed by atoms with Crippen LogP contribution in [-0.2, 0) is 19.1 Å². The van der Waals surface area contributed by atoms with Crippen molar-refractivity contribution in [3.8, 4) is 0 Å². The van der Waals surface area contributed by atoms with Crippen molar-refractivity contribution in [2.45, 2.75) is 113 Å². The number of nitrogens with zero attached hydrogens (tertiary/aromatic N) is 1. The summed E-state index contributed by atoms with van der Waals surface area (Å²) >= 11 is 1.45. The number of rotatable bonds is 4. The molecular weight excluding hydrogens is 570 g/mol. The molecule has 2 aliphatic heterocycles. The zero-order valence-electron chi connectivity index (χ0n) is 25.4. The second-order valence-corrected chi connectivity index (χ2v) is 13.8. The van der Waals surface area contributed by atoms with Crippen LogP contribution in [0.1, 0.15) is 85.0 Å². The molecule has 0 radical (unpaired) electrons. The van der Waals surface area contributed by atoms with Crippen LogP contribution in [0.25, 0.3) is 0 Å². The van der Waals surface area contributed by atoms with Crippen LogP contribution in [0.3, 0.4) is 0 Å². The van der Waals surface area contributed by atoms with Crippen LogP contribution in [0.5, 0.6) is 0 Å². The number of hydrogen-bond donors (Lipinski definition) is 4. The molecule has 3 heterocycles. The highest BCUT2D eigenvalue weighted by Crippen LogP contribution is 2.46. The van der Waals surface area contributed by atoms with E-state index in [0.29, 0.717) is 37.5 Å². The zero-order valence-corrected chi connectivity index (χ0v) is 26.2. The molecule has 0 bridgehead atoms. The molecule has 2 saturated carbocycles. The summed E-state index contributed by atoms with van der Waals surface area (Å²) in [5.74, 6) is -0.763. The normalized spacial score (nSPS) is 28.3. The number of carbonyl (C=O) groups is 4. The maximum Gasteiger partial charge on any atom is 0.408 e. The van der Waals surface area contributed by atoms with Gasteiger partial charge in [-0.25, -0.2) is 4.79 Å². The van der Waals surface area contributed by atoms with Crippen molar-refractivity contribution in [3.05, 3.63) is 46.9 Å². The third-order valence-electron chi connectivity index (χ3n) is 7.86. The quantitative estimate of drug-likeness (QED) is 0.299. The first-order valence-corrected chi connectivity index (χ1v) is 16.2. The fourth-order valence-corrected chi connectivity index (χ4v) is 6.16. The van der Waals surface area contributed by atoms with E-state index in [4.69, 9.17) is 4.74 Å². The molecule has 1 aromatic rings. The zero-order chi connectivity index (χ0) is 31.0. The minimum Gasteiger partial charge on any atom is -0.444 e. The fraction of sp³-hybridized carbons (Fsp3) is 0.645. The van der Waals surface area contributed by atoms with Gasteiger partial charge in [0.15, 0.2) is 5.43 Å². The Hall–Kier alpha value is -3.28. The number of pyridine rings is 1. The van der Waals surface area contributed by atoms with E-state index < -0.39 is 29.3 Å². The molecule has 236 valence electrons. The van der Waals surface area contributed by atoms with Crippen LogP contribution in [0.4, 0.5) is 4.79 Å². The van der Waals surface area contributed by atoms with Gasteiger partial charge in [-0.2, -0.15) is 0 Å². The van der Waals surface area contributed by atoms with Gasteiger partial charge in [0.2, 0.25) is 11.8 Å². The van der Waals surface area contributed by atoms with Gasteiger partial charge in [0.25, 0.3) is 5.91 Å². The lowest BCUT2D eigenvalue weighted by Crippen LogP contribution is -2.57. The number of nitrogens with one attached hydrogen (secondary N) is 4. The second-order valence-electron chi connectivity index (χ2n) is 12.7. The molecule has 2 unspecified atom stereocenters. The monoisotopic (exact) mass is 615 g/mol. The Kier molecular flexibility index (Phi) is 11.0. The maximum absolute atomic E-state index is 13.6. The van der Waals surface area contributed by atoms with Gasteiger partial charge >= 0.3 is 6.09 Å². The molecule has 5 rings (SSSR count). The molecule has 4 amide bonds. The van der Waals surface area contributed by atoms with Crippen LogP contribution in [0, 0.1) is 5.92 Å². The van der Waals surface area contributed by atoms with Gasteiger partial charge in [0.1, 0.15) is 23.2 Å². The third kappa shape index (κ3) is 9.61. The lowest BCUT2D eigenvalue weighted by atomic mass is 10.0. The first-order valence-electron chi connectivity index (χ1n) is 15.4. The molecule has 0 aromatic carbocycles. The van der Waals surface area contributed by atoms with Gasteiger partial charge in [-0.1, -0.05) is 25.0 Å². The minimum atomic E-state index is -0.957. The Morgan fingerprint density at radius 2 is 1.77 bits per heavy atom. The summed E-state index contributed by atoms with van der Waals surface area (Å²) in [5, 5.41) is 6.26. The van der Waals surface area contributed by atoms with E-state index in [9.17, 15) is 24.0 Å². The van der Waals surface area contributed by atoms with Crippen molar-refractivity contribution in [3.63, 3.8) is 0 Å². The largest absolute Gasteiger partial charge is 0.444 e. The van der Waals surface area contributed by atoms with E-state index in [0.717, 1.165) is 38.5 Å². The van der Waals surface area contributed by atoms with Crippen LogP contribution < -0.4 is 20.8 Å². The number of H-pyrrole nitrogens is 1. The van der Waals surface area contributed by atoms with Crippen LogP contribution in [0.2, 0.25) is 0 Å². The Balaban J connectivity index is 0.000000530. The van der Waals surface area contributed by atoms with E-state index >= 15 is 0 Å². The van der Waals surface area contributed by atoms with Crippen molar-refractivity contribution in [1.29, 1.82) is 0 Å². The summed E-state index contributed by atoms with van der Waals surface area (Å²) in [6.45, 7) is 5.78. The van der Waals surface area contributed by atoms with E-state index in [2.05, 4.69) is 32.5 Å².